The largest absolute Gasteiger partial charge is 0.373 e. The minimum atomic E-state index is 0. The van der Waals surface area contributed by atoms with Crippen molar-refractivity contribution in [2.45, 2.75) is 5.88 Å². The molecule has 0 heterocycles. The predicted octanol–water partition coefficient (Wildman–Crippen LogP) is 3.25. The van der Waals surface area contributed by atoms with Crippen molar-refractivity contribution >= 4 is 41.0 Å². The van der Waals surface area contributed by atoms with Crippen LogP contribution in [0.3, 0.4) is 0 Å². The molecule has 0 fully saturated rings. The molecule has 0 radical (unpaired) electrons. The molecule has 18 heavy (non-hydrogen) atoms. The van der Waals surface area contributed by atoms with E-state index in [0.29, 0.717) is 15.9 Å². The number of alkyl halides is 1. The van der Waals surface area contributed by atoms with Crippen LogP contribution in [0, 0.1) is 58.5 Å². The molecular formula is C8H5ArCl3N2O4. The number of hydrogen-bond acceptors (Lipinski definition) is 6. The van der Waals surface area contributed by atoms with Gasteiger partial charge in [0.1, 0.15) is 0 Å². The molecule has 0 bridgehead atoms. The van der Waals surface area contributed by atoms with Crippen LogP contribution in [-0.2, 0) is 15.5 Å². The zero-order chi connectivity index (χ0) is 14.3. The fraction of sp³-hybridized carbons (Fsp3) is 0.125. The van der Waals surface area contributed by atoms with E-state index in [4.69, 9.17) is 65.1 Å². The van der Waals surface area contributed by atoms with E-state index in [9.17, 15) is 0 Å². The SMILES string of the molecule is ClCc1c(Cl)cccc1Cl.N#N.O=C=O.O=O.[Ar]. The Labute approximate surface area is 147 Å². The number of carbonyl (C=O) groups excluding carboxylic acids is 2. The molecule has 0 unspecified atom stereocenters. The smallest absolute Gasteiger partial charge is 0.186 e. The average Bonchev–Trinajstić information content (AvgIpc) is 2.35. The molecule has 0 amide bonds. The van der Waals surface area contributed by atoms with Gasteiger partial charge in [0.2, 0.25) is 0 Å². The molecule has 0 N–H and O–H groups in total. The maximum atomic E-state index is 8.12. The van der Waals surface area contributed by atoms with Gasteiger partial charge in [0, 0.05) is 74.1 Å². The molecule has 0 aliphatic carbocycles. The molecule has 0 aliphatic rings. The Bertz CT molecular complexity index is 352. The van der Waals surface area contributed by atoms with Gasteiger partial charge in [0.25, 0.3) is 0 Å². The van der Waals surface area contributed by atoms with Crippen molar-refractivity contribution < 1.29 is 47.3 Å². The first kappa shape index (κ1) is 26.3. The predicted molar refractivity (Wildman–Crippen MR) is 61.2 cm³/mol. The molecule has 100 valence electrons. The average molecular weight is 339 g/mol. The van der Waals surface area contributed by atoms with Gasteiger partial charge in [-0.25, -0.2) is 0 Å². The van der Waals surface area contributed by atoms with Crippen LogP contribution in [0.1, 0.15) is 5.56 Å². The van der Waals surface area contributed by atoms with Crippen LogP contribution in [0.2, 0.25) is 10.0 Å². The Kier molecular flexibility index (Phi) is 32.2. The molecule has 0 atom stereocenters. The number of rotatable bonds is 1. The summed E-state index contributed by atoms with van der Waals surface area (Å²) in [6.07, 6.45) is 0.250. The summed E-state index contributed by atoms with van der Waals surface area (Å²) in [5, 5.41) is 13.3. The Morgan fingerprint density at radius 3 is 1.50 bits per heavy atom. The van der Waals surface area contributed by atoms with Crippen molar-refractivity contribution in [3.8, 4) is 0 Å². The van der Waals surface area contributed by atoms with Gasteiger partial charge >= 0.3 is 6.15 Å². The summed E-state index contributed by atoms with van der Waals surface area (Å²) in [6, 6.07) is 5.33. The maximum absolute atomic E-state index is 8.12. The van der Waals surface area contributed by atoms with Crippen LogP contribution >= 0.6 is 34.8 Å². The van der Waals surface area contributed by atoms with Gasteiger partial charge in [0.05, 0.1) is 5.88 Å². The van der Waals surface area contributed by atoms with E-state index in [2.05, 4.69) is 0 Å². The number of benzene rings is 1. The van der Waals surface area contributed by atoms with E-state index < -0.39 is 0 Å². The molecule has 6 nitrogen and oxygen atoms in total. The van der Waals surface area contributed by atoms with Crippen LogP contribution in [0.4, 0.5) is 0 Å². The molecule has 10 heteroatoms. The van der Waals surface area contributed by atoms with Gasteiger partial charge in [-0.15, -0.1) is 11.6 Å². The number of halogens is 3. The Morgan fingerprint density at radius 2 is 1.33 bits per heavy atom. The zero-order valence-electron chi connectivity index (χ0n) is 8.45. The minimum Gasteiger partial charge on any atom is -0.186 e. The van der Waals surface area contributed by atoms with E-state index >= 15 is 0 Å². The van der Waals surface area contributed by atoms with Gasteiger partial charge < -0.3 is 0 Å². The second-order valence-electron chi connectivity index (χ2n) is 1.92. The Balaban J connectivity index is -0.000000106. The van der Waals surface area contributed by atoms with Gasteiger partial charge in [-0.2, -0.15) is 9.59 Å². The normalized spacial score (nSPS) is 6.28. The van der Waals surface area contributed by atoms with E-state index in [0.717, 1.165) is 5.56 Å². The molecule has 0 spiro atoms. The second-order valence-corrected chi connectivity index (χ2v) is 3.00. The van der Waals surface area contributed by atoms with Crippen LogP contribution in [0.15, 0.2) is 18.2 Å². The second kappa shape index (κ2) is 22.0. The summed E-state index contributed by atoms with van der Waals surface area (Å²) in [5.74, 6) is 0.360. The van der Waals surface area contributed by atoms with E-state index in [1.165, 1.54) is 0 Å². The standard InChI is InChI=1S/C7H5Cl3.CO2.Ar.N2.O2/c8-4-5-6(9)2-1-3-7(5)10;2-1-3;;2*1-2/h1-3H,4H2;;;;. The first-order valence-electron chi connectivity index (χ1n) is 3.52. The first-order chi connectivity index (χ1) is 8.17. The monoisotopic (exact) mass is 338 g/mol. The topological polar surface area (TPSA) is 116 Å². The van der Waals surface area contributed by atoms with Crippen LogP contribution in [0.5, 0.6) is 0 Å². The summed E-state index contributed by atoms with van der Waals surface area (Å²) in [7, 11) is 0. The third-order valence-corrected chi connectivity index (χ3v) is 2.17. The summed E-state index contributed by atoms with van der Waals surface area (Å²) < 4.78 is 0. The fourth-order valence-electron chi connectivity index (χ4n) is 0.660. The molecule has 1 aromatic rings. The van der Waals surface area contributed by atoms with Gasteiger partial charge in [0.15, 0.2) is 0 Å². The van der Waals surface area contributed by atoms with Gasteiger partial charge in [-0.1, -0.05) is 29.3 Å². The molecule has 0 aliphatic heterocycles. The van der Waals surface area contributed by atoms with Crippen molar-refractivity contribution in [2.75, 3.05) is 0 Å². The van der Waals surface area contributed by atoms with Gasteiger partial charge in [-0.3, -0.25) is 0 Å². The summed E-state index contributed by atoms with van der Waals surface area (Å²) in [6.45, 7) is 0. The van der Waals surface area contributed by atoms with Crippen molar-refractivity contribution in [1.29, 1.82) is 10.8 Å². The van der Waals surface area contributed by atoms with Crippen LogP contribution < -0.4 is 0 Å². The van der Waals surface area contributed by atoms with E-state index in [1.807, 2.05) is 0 Å². The van der Waals surface area contributed by atoms with E-state index in [1.54, 1.807) is 18.2 Å². The fourth-order valence-corrected chi connectivity index (χ4v) is 1.62. The molecule has 0 aromatic heterocycles. The summed E-state index contributed by atoms with van der Waals surface area (Å²) >= 11 is 17.1. The molecule has 0 saturated carbocycles. The Hall–Kier alpha value is -0.250. The Morgan fingerprint density at radius 1 is 1.06 bits per heavy atom. The molecule has 1 aromatic carbocycles. The molecular weight excluding hydrogens is 334 g/mol. The minimum absolute atomic E-state index is 0. The molecule has 0 saturated heterocycles. The third-order valence-electron chi connectivity index (χ3n) is 1.20. The third kappa shape index (κ3) is 13.8. The van der Waals surface area contributed by atoms with Crippen molar-refractivity contribution in [2.24, 2.45) is 0 Å². The number of nitrogens with zero attached hydrogens (tertiary/aromatic N) is 2. The molecule has 1 rings (SSSR count). The van der Waals surface area contributed by atoms with Crippen molar-refractivity contribution in [3.63, 3.8) is 0 Å². The first-order valence-corrected chi connectivity index (χ1v) is 4.81. The van der Waals surface area contributed by atoms with Crippen LogP contribution in [-0.4, -0.2) is 6.15 Å². The van der Waals surface area contributed by atoms with Crippen molar-refractivity contribution in [3.05, 3.63) is 43.7 Å². The zero-order valence-corrected chi connectivity index (χ0v) is 11.4. The van der Waals surface area contributed by atoms with Crippen LogP contribution in [0.25, 0.3) is 0 Å². The number of hydrogen-bond donors (Lipinski definition) is 0. The summed E-state index contributed by atoms with van der Waals surface area (Å²) in [4.78, 5) is 30.2. The van der Waals surface area contributed by atoms with E-state index in [-0.39, 0.29) is 43.9 Å². The van der Waals surface area contributed by atoms with Gasteiger partial charge in [-0.05, 0) is 12.1 Å². The maximum Gasteiger partial charge on any atom is 0.373 e. The quantitative estimate of drug-likeness (QED) is 0.572. The van der Waals surface area contributed by atoms with Crippen molar-refractivity contribution in [1.82, 2.24) is 0 Å². The summed E-state index contributed by atoms with van der Waals surface area (Å²) in [5.41, 5.74) is 0.799.